The van der Waals surface area contributed by atoms with Crippen LogP contribution in [0.5, 0.6) is 0 Å². The molecule has 2 heterocycles. The number of hydrogen-bond donors (Lipinski definition) is 0. The van der Waals surface area contributed by atoms with E-state index in [9.17, 15) is 9.59 Å². The van der Waals surface area contributed by atoms with Gasteiger partial charge in [0.1, 0.15) is 0 Å². The zero-order valence-corrected chi connectivity index (χ0v) is 14.7. The lowest BCUT2D eigenvalue weighted by Gasteiger charge is -2.35. The highest BCUT2D eigenvalue weighted by molar-refractivity contribution is 6.03. The zero-order chi connectivity index (χ0) is 18.1. The molecular weight excluding hydrogens is 326 g/mol. The van der Waals surface area contributed by atoms with Gasteiger partial charge in [-0.05, 0) is 25.0 Å². The largest absolute Gasteiger partial charge is 0.466 e. The molecule has 1 fully saturated rings. The van der Waals surface area contributed by atoms with Gasteiger partial charge in [-0.25, -0.2) is 0 Å². The Bertz CT molecular complexity index is 859. The standard InChI is InChI=1S/C22H21NO3/c1-2-26-22(25)17-14-20(21(24)16-9-4-3-5-10-16)23-18-11-7-6-8-15(18)12-13-19(17)23/h3-13,17,19-20H,2,14H2,1H3/t17-,19+,20-/m0/s1. The molecule has 2 aliphatic rings. The van der Waals surface area contributed by atoms with Crippen LogP contribution in [0.4, 0.5) is 5.69 Å². The van der Waals surface area contributed by atoms with Crippen molar-refractivity contribution in [2.45, 2.75) is 25.4 Å². The van der Waals surface area contributed by atoms with Gasteiger partial charge in [0.15, 0.2) is 5.78 Å². The predicted molar refractivity (Wildman–Crippen MR) is 101 cm³/mol. The number of para-hydroxylation sites is 1. The molecule has 26 heavy (non-hydrogen) atoms. The number of nitrogens with zero attached hydrogens (tertiary/aromatic N) is 1. The van der Waals surface area contributed by atoms with Gasteiger partial charge in [0.05, 0.1) is 24.6 Å². The minimum atomic E-state index is -0.372. The summed E-state index contributed by atoms with van der Waals surface area (Å²) in [5.41, 5.74) is 2.74. The van der Waals surface area contributed by atoms with Crippen LogP contribution in [0.15, 0.2) is 60.7 Å². The molecule has 0 aromatic heterocycles. The van der Waals surface area contributed by atoms with Crippen LogP contribution in [0.25, 0.3) is 6.08 Å². The quantitative estimate of drug-likeness (QED) is 0.625. The number of Topliss-reactive ketones (excluding diaryl/α,β-unsaturated/α-hetero) is 1. The summed E-state index contributed by atoms with van der Waals surface area (Å²) in [6, 6.07) is 16.8. The zero-order valence-electron chi connectivity index (χ0n) is 14.7. The topological polar surface area (TPSA) is 46.6 Å². The number of carbonyl (C=O) groups is 2. The number of hydrogen-bond acceptors (Lipinski definition) is 4. The van der Waals surface area contributed by atoms with Crippen LogP contribution in [0.3, 0.4) is 0 Å². The number of ketones is 1. The van der Waals surface area contributed by atoms with Crippen molar-refractivity contribution < 1.29 is 14.3 Å². The lowest BCUT2D eigenvalue weighted by Crippen LogP contribution is -2.43. The first-order valence-corrected chi connectivity index (χ1v) is 9.02. The van der Waals surface area contributed by atoms with Crippen molar-refractivity contribution in [1.82, 2.24) is 0 Å². The van der Waals surface area contributed by atoms with Crippen LogP contribution in [0.1, 0.15) is 29.3 Å². The van der Waals surface area contributed by atoms with Crippen molar-refractivity contribution in [1.29, 1.82) is 0 Å². The van der Waals surface area contributed by atoms with Gasteiger partial charge < -0.3 is 9.64 Å². The van der Waals surface area contributed by atoms with E-state index in [1.165, 1.54) is 0 Å². The summed E-state index contributed by atoms with van der Waals surface area (Å²) >= 11 is 0. The minimum absolute atomic E-state index is 0.0486. The van der Waals surface area contributed by atoms with Crippen LogP contribution in [-0.4, -0.2) is 30.4 Å². The summed E-state index contributed by atoms with van der Waals surface area (Å²) in [4.78, 5) is 27.8. The van der Waals surface area contributed by atoms with E-state index >= 15 is 0 Å². The number of ether oxygens (including phenoxy) is 1. The van der Waals surface area contributed by atoms with E-state index in [-0.39, 0.29) is 29.8 Å². The van der Waals surface area contributed by atoms with Gasteiger partial charge in [-0.1, -0.05) is 60.7 Å². The molecule has 0 aliphatic carbocycles. The molecule has 0 radical (unpaired) electrons. The van der Waals surface area contributed by atoms with Crippen LogP contribution in [0, 0.1) is 5.92 Å². The molecule has 2 aromatic carbocycles. The van der Waals surface area contributed by atoms with Gasteiger partial charge in [0.2, 0.25) is 0 Å². The molecule has 4 rings (SSSR count). The van der Waals surface area contributed by atoms with E-state index in [0.717, 1.165) is 11.3 Å². The lowest BCUT2D eigenvalue weighted by molar-refractivity contribution is -0.147. The summed E-state index contributed by atoms with van der Waals surface area (Å²) in [6.45, 7) is 2.16. The second-order valence-electron chi connectivity index (χ2n) is 6.66. The van der Waals surface area contributed by atoms with Gasteiger partial charge in [0, 0.05) is 11.3 Å². The highest BCUT2D eigenvalue weighted by Gasteiger charge is 2.48. The molecule has 2 aromatic rings. The highest BCUT2D eigenvalue weighted by Crippen LogP contribution is 2.42. The fraction of sp³-hybridized carbons (Fsp3) is 0.273. The van der Waals surface area contributed by atoms with Crippen molar-refractivity contribution in [2.75, 3.05) is 11.5 Å². The average molecular weight is 347 g/mol. The number of rotatable bonds is 4. The van der Waals surface area contributed by atoms with Crippen LogP contribution >= 0.6 is 0 Å². The van der Waals surface area contributed by atoms with Crippen molar-refractivity contribution in [3.63, 3.8) is 0 Å². The van der Waals surface area contributed by atoms with E-state index < -0.39 is 0 Å². The first-order chi connectivity index (χ1) is 12.7. The Kier molecular flexibility index (Phi) is 4.33. The van der Waals surface area contributed by atoms with E-state index in [1.54, 1.807) is 0 Å². The molecule has 0 spiro atoms. The molecule has 4 heteroatoms. The SMILES string of the molecule is CCOC(=O)[C@H]1C[C@@H](C(=O)c2ccccc2)N2c3ccccc3C=C[C@H]12. The number of benzene rings is 2. The van der Waals surface area contributed by atoms with Crippen molar-refractivity contribution >= 4 is 23.5 Å². The van der Waals surface area contributed by atoms with Gasteiger partial charge in [-0.2, -0.15) is 0 Å². The van der Waals surface area contributed by atoms with Crippen LogP contribution < -0.4 is 4.90 Å². The molecule has 1 saturated heterocycles. The van der Waals surface area contributed by atoms with Crippen LogP contribution in [-0.2, 0) is 9.53 Å². The Morgan fingerprint density at radius 3 is 2.58 bits per heavy atom. The average Bonchev–Trinajstić information content (AvgIpc) is 3.08. The fourth-order valence-corrected chi connectivity index (χ4v) is 4.03. The van der Waals surface area contributed by atoms with Gasteiger partial charge in [0.25, 0.3) is 0 Å². The van der Waals surface area contributed by atoms with Gasteiger partial charge in [-0.3, -0.25) is 9.59 Å². The number of anilines is 1. The van der Waals surface area contributed by atoms with Crippen molar-refractivity contribution in [3.05, 3.63) is 71.8 Å². The van der Waals surface area contributed by atoms with Crippen LogP contribution in [0.2, 0.25) is 0 Å². The third-order valence-corrected chi connectivity index (χ3v) is 5.18. The Labute approximate surface area is 153 Å². The monoisotopic (exact) mass is 347 g/mol. The maximum atomic E-state index is 13.2. The molecule has 0 amide bonds. The normalized spacial score (nSPS) is 23.3. The van der Waals surface area contributed by atoms with E-state index in [0.29, 0.717) is 18.6 Å². The fourth-order valence-electron chi connectivity index (χ4n) is 4.03. The molecule has 0 N–H and O–H groups in total. The number of fused-ring (bicyclic) bond motifs is 3. The Morgan fingerprint density at radius 1 is 1.08 bits per heavy atom. The Morgan fingerprint density at radius 2 is 1.81 bits per heavy atom. The second-order valence-corrected chi connectivity index (χ2v) is 6.66. The van der Waals surface area contributed by atoms with E-state index in [2.05, 4.69) is 4.90 Å². The Hall–Kier alpha value is -2.88. The predicted octanol–water partition coefficient (Wildman–Crippen LogP) is 3.72. The molecule has 0 saturated carbocycles. The lowest BCUT2D eigenvalue weighted by atomic mass is 9.95. The highest BCUT2D eigenvalue weighted by atomic mass is 16.5. The summed E-state index contributed by atoms with van der Waals surface area (Å²) in [5, 5.41) is 0. The maximum Gasteiger partial charge on any atom is 0.311 e. The molecule has 132 valence electrons. The molecular formula is C22H21NO3. The first kappa shape index (κ1) is 16.6. The van der Waals surface area contributed by atoms with E-state index in [1.807, 2.05) is 73.7 Å². The molecule has 0 unspecified atom stereocenters. The van der Waals surface area contributed by atoms with Crippen molar-refractivity contribution in [2.24, 2.45) is 5.92 Å². The summed E-state index contributed by atoms with van der Waals surface area (Å²) < 4.78 is 5.29. The third-order valence-electron chi connectivity index (χ3n) is 5.18. The van der Waals surface area contributed by atoms with E-state index in [4.69, 9.17) is 4.74 Å². The number of esters is 1. The maximum absolute atomic E-state index is 13.2. The summed E-state index contributed by atoms with van der Waals surface area (Å²) in [5.74, 6) is -0.514. The first-order valence-electron chi connectivity index (χ1n) is 9.02. The second kappa shape index (κ2) is 6.79. The van der Waals surface area contributed by atoms with Crippen molar-refractivity contribution in [3.8, 4) is 0 Å². The molecule has 0 bridgehead atoms. The van der Waals surface area contributed by atoms with Gasteiger partial charge >= 0.3 is 5.97 Å². The van der Waals surface area contributed by atoms with Gasteiger partial charge in [-0.15, -0.1) is 0 Å². The smallest absolute Gasteiger partial charge is 0.311 e. The molecule has 3 atom stereocenters. The Balaban J connectivity index is 1.75. The number of carbonyl (C=O) groups excluding carboxylic acids is 2. The third kappa shape index (κ3) is 2.71. The summed E-state index contributed by atoms with van der Waals surface area (Å²) in [7, 11) is 0. The summed E-state index contributed by atoms with van der Waals surface area (Å²) in [6.07, 6.45) is 4.54. The molecule has 4 nitrogen and oxygen atoms in total. The minimum Gasteiger partial charge on any atom is -0.466 e. The molecule has 2 aliphatic heterocycles.